The minimum atomic E-state index is -0.568. The fourth-order valence-electron chi connectivity index (χ4n) is 4.12. The standard InChI is InChI=1S/C23H24N4O2S/c24-13-18(11-15-8-10-30-14-15)26-23(29)19-3-1-2-4-21(19)27-22(28)17-5-6-20-16(12-17)7-9-25-20/h5-10,12,14,18-19,21,25H,1-4,11H2,(H,26,29)(H,27,28)/t18-,19+,21?/m0/s1. The number of hydrogen-bond acceptors (Lipinski definition) is 4. The molecule has 1 saturated carbocycles. The van der Waals surface area contributed by atoms with E-state index in [1.54, 1.807) is 17.4 Å². The quantitative estimate of drug-likeness (QED) is 0.566. The maximum Gasteiger partial charge on any atom is 0.251 e. The molecule has 2 heterocycles. The van der Waals surface area contributed by atoms with Crippen molar-refractivity contribution in [1.29, 1.82) is 5.26 Å². The van der Waals surface area contributed by atoms with Gasteiger partial charge in [0.1, 0.15) is 6.04 Å². The van der Waals surface area contributed by atoms with Crippen molar-refractivity contribution in [1.82, 2.24) is 15.6 Å². The van der Waals surface area contributed by atoms with Crippen LogP contribution in [0.1, 0.15) is 41.6 Å². The molecule has 0 aliphatic heterocycles. The van der Waals surface area contributed by atoms with Crippen LogP contribution in [0.15, 0.2) is 47.3 Å². The van der Waals surface area contributed by atoms with Crippen LogP contribution in [0.4, 0.5) is 0 Å². The molecule has 1 unspecified atom stereocenters. The smallest absolute Gasteiger partial charge is 0.251 e. The van der Waals surface area contributed by atoms with E-state index in [0.717, 1.165) is 35.7 Å². The first-order chi connectivity index (χ1) is 14.6. The Morgan fingerprint density at radius 1 is 1.23 bits per heavy atom. The number of rotatable bonds is 6. The molecule has 30 heavy (non-hydrogen) atoms. The van der Waals surface area contributed by atoms with Gasteiger partial charge < -0.3 is 15.6 Å². The number of benzene rings is 1. The van der Waals surface area contributed by atoms with Gasteiger partial charge in [-0.2, -0.15) is 16.6 Å². The van der Waals surface area contributed by atoms with E-state index >= 15 is 0 Å². The number of carbonyl (C=O) groups excluding carboxylic acids is 2. The minimum absolute atomic E-state index is 0.150. The predicted octanol–water partition coefficient (Wildman–Crippen LogP) is 3.77. The van der Waals surface area contributed by atoms with Crippen molar-refractivity contribution in [3.05, 3.63) is 58.4 Å². The highest BCUT2D eigenvalue weighted by molar-refractivity contribution is 7.07. The van der Waals surface area contributed by atoms with Crippen molar-refractivity contribution in [2.75, 3.05) is 0 Å². The van der Waals surface area contributed by atoms with Gasteiger partial charge in [-0.25, -0.2) is 0 Å². The lowest BCUT2D eigenvalue weighted by Gasteiger charge is -2.31. The zero-order chi connectivity index (χ0) is 20.9. The molecule has 154 valence electrons. The minimum Gasteiger partial charge on any atom is -0.361 e. The maximum absolute atomic E-state index is 12.9. The van der Waals surface area contributed by atoms with Gasteiger partial charge in [0.05, 0.1) is 12.0 Å². The molecular formula is C23H24N4O2S. The number of nitrogens with zero attached hydrogens (tertiary/aromatic N) is 1. The number of nitrogens with one attached hydrogen (secondary N) is 3. The molecule has 2 amide bonds. The Morgan fingerprint density at radius 2 is 2.10 bits per heavy atom. The van der Waals surface area contributed by atoms with E-state index in [9.17, 15) is 14.9 Å². The number of H-pyrrole nitrogens is 1. The van der Waals surface area contributed by atoms with Gasteiger partial charge in [0, 0.05) is 35.1 Å². The van der Waals surface area contributed by atoms with E-state index in [1.807, 2.05) is 41.2 Å². The monoisotopic (exact) mass is 420 g/mol. The average Bonchev–Trinajstić information content (AvgIpc) is 3.44. The molecule has 4 rings (SSSR count). The van der Waals surface area contributed by atoms with Crippen LogP contribution >= 0.6 is 11.3 Å². The zero-order valence-electron chi connectivity index (χ0n) is 16.6. The number of thiophene rings is 1. The van der Waals surface area contributed by atoms with Crippen molar-refractivity contribution in [2.45, 2.75) is 44.2 Å². The molecule has 2 aromatic heterocycles. The van der Waals surface area contributed by atoms with Crippen molar-refractivity contribution < 1.29 is 9.59 Å². The molecule has 0 saturated heterocycles. The molecule has 0 spiro atoms. The first-order valence-electron chi connectivity index (χ1n) is 10.2. The molecule has 6 nitrogen and oxygen atoms in total. The SMILES string of the molecule is N#C[C@H](Cc1ccsc1)NC(=O)[C@@H]1CCCCC1NC(=O)c1ccc2[nH]ccc2c1. The third-order valence-corrected chi connectivity index (χ3v) is 6.46. The second-order valence-corrected chi connectivity index (χ2v) is 8.56. The summed E-state index contributed by atoms with van der Waals surface area (Å²) in [6.07, 6.45) is 5.73. The molecule has 3 N–H and O–H groups in total. The molecule has 7 heteroatoms. The van der Waals surface area contributed by atoms with Gasteiger partial charge in [0.15, 0.2) is 0 Å². The molecule has 0 radical (unpaired) electrons. The van der Waals surface area contributed by atoms with Gasteiger partial charge in [0.2, 0.25) is 5.91 Å². The molecular weight excluding hydrogens is 396 g/mol. The summed E-state index contributed by atoms with van der Waals surface area (Å²) < 4.78 is 0. The highest BCUT2D eigenvalue weighted by Crippen LogP contribution is 2.26. The fourth-order valence-corrected chi connectivity index (χ4v) is 4.80. The van der Waals surface area contributed by atoms with E-state index in [0.29, 0.717) is 18.4 Å². The van der Waals surface area contributed by atoms with Gasteiger partial charge in [-0.1, -0.05) is 12.8 Å². The Hall–Kier alpha value is -3.11. The van der Waals surface area contributed by atoms with Gasteiger partial charge in [-0.05, 0) is 59.5 Å². The summed E-state index contributed by atoms with van der Waals surface area (Å²) in [5, 5.41) is 20.4. The lowest BCUT2D eigenvalue weighted by Crippen LogP contribution is -2.50. The average molecular weight is 421 g/mol. The molecule has 1 aliphatic rings. The van der Waals surface area contributed by atoms with E-state index in [2.05, 4.69) is 21.7 Å². The molecule has 1 fully saturated rings. The third kappa shape index (κ3) is 4.55. The Kier molecular flexibility index (Phi) is 6.15. The number of nitriles is 1. The van der Waals surface area contributed by atoms with Crippen LogP contribution in [0, 0.1) is 17.2 Å². The maximum atomic E-state index is 12.9. The number of hydrogen-bond donors (Lipinski definition) is 3. The first-order valence-corrected chi connectivity index (χ1v) is 11.2. The third-order valence-electron chi connectivity index (χ3n) is 5.73. The first kappa shape index (κ1) is 20.2. The van der Waals surface area contributed by atoms with Crippen LogP contribution in [-0.2, 0) is 11.2 Å². The second-order valence-electron chi connectivity index (χ2n) is 7.78. The topological polar surface area (TPSA) is 97.8 Å². The summed E-state index contributed by atoms with van der Waals surface area (Å²) in [7, 11) is 0. The van der Waals surface area contributed by atoms with Crippen LogP contribution < -0.4 is 10.6 Å². The number of amides is 2. The summed E-state index contributed by atoms with van der Waals surface area (Å²) in [5.41, 5.74) is 2.61. The predicted molar refractivity (Wildman–Crippen MR) is 117 cm³/mol. The Bertz CT molecular complexity index is 1070. The molecule has 3 atom stereocenters. The highest BCUT2D eigenvalue weighted by Gasteiger charge is 2.33. The van der Waals surface area contributed by atoms with Gasteiger partial charge in [-0.15, -0.1) is 0 Å². The Balaban J connectivity index is 1.42. The van der Waals surface area contributed by atoms with E-state index < -0.39 is 6.04 Å². The van der Waals surface area contributed by atoms with Gasteiger partial charge >= 0.3 is 0 Å². The van der Waals surface area contributed by atoms with Crippen molar-refractivity contribution in [3.63, 3.8) is 0 Å². The van der Waals surface area contributed by atoms with Gasteiger partial charge in [0.25, 0.3) is 5.91 Å². The lowest BCUT2D eigenvalue weighted by atomic mass is 9.83. The number of aromatic amines is 1. The molecule has 1 aromatic carbocycles. The molecule has 3 aromatic rings. The lowest BCUT2D eigenvalue weighted by molar-refractivity contribution is -0.127. The number of aromatic nitrogens is 1. The Morgan fingerprint density at radius 3 is 2.90 bits per heavy atom. The van der Waals surface area contributed by atoms with Gasteiger partial charge in [-0.3, -0.25) is 9.59 Å². The van der Waals surface area contributed by atoms with Crippen LogP contribution in [-0.4, -0.2) is 28.9 Å². The van der Waals surface area contributed by atoms with Crippen LogP contribution in [0.5, 0.6) is 0 Å². The Labute approximate surface area is 179 Å². The number of fused-ring (bicyclic) bond motifs is 1. The summed E-state index contributed by atoms with van der Waals surface area (Å²) in [6.45, 7) is 0. The normalized spacial score (nSPS) is 19.7. The second kappa shape index (κ2) is 9.14. The van der Waals surface area contributed by atoms with Crippen LogP contribution in [0.2, 0.25) is 0 Å². The van der Waals surface area contributed by atoms with E-state index in [4.69, 9.17) is 0 Å². The van der Waals surface area contributed by atoms with E-state index in [-0.39, 0.29) is 23.8 Å². The fraction of sp³-hybridized carbons (Fsp3) is 0.348. The van der Waals surface area contributed by atoms with Crippen LogP contribution in [0.3, 0.4) is 0 Å². The highest BCUT2D eigenvalue weighted by atomic mass is 32.1. The number of carbonyl (C=O) groups is 2. The zero-order valence-corrected chi connectivity index (χ0v) is 17.4. The molecule has 0 bridgehead atoms. The summed E-state index contributed by atoms with van der Waals surface area (Å²) >= 11 is 1.57. The largest absolute Gasteiger partial charge is 0.361 e. The van der Waals surface area contributed by atoms with E-state index in [1.165, 1.54) is 0 Å². The van der Waals surface area contributed by atoms with Crippen LogP contribution in [0.25, 0.3) is 10.9 Å². The van der Waals surface area contributed by atoms with Crippen molar-refractivity contribution in [3.8, 4) is 6.07 Å². The molecule has 1 aliphatic carbocycles. The summed E-state index contributed by atoms with van der Waals surface area (Å²) in [4.78, 5) is 28.9. The van der Waals surface area contributed by atoms with Crippen molar-refractivity contribution in [2.24, 2.45) is 5.92 Å². The summed E-state index contributed by atoms with van der Waals surface area (Å²) in [6, 6.07) is 10.8. The van der Waals surface area contributed by atoms with Crippen molar-refractivity contribution >= 4 is 34.1 Å². The summed E-state index contributed by atoms with van der Waals surface area (Å²) in [5.74, 6) is -0.641.